The molecule has 86 valence electrons. The topological polar surface area (TPSA) is 55.2 Å². The molecule has 17 heavy (non-hydrogen) atoms. The maximum atomic E-state index is 10.2. The Morgan fingerprint density at radius 2 is 2.18 bits per heavy atom. The summed E-state index contributed by atoms with van der Waals surface area (Å²) in [6, 6.07) is 7.83. The van der Waals surface area contributed by atoms with E-state index in [4.69, 9.17) is 4.74 Å². The third-order valence-corrected chi connectivity index (χ3v) is 2.91. The smallest absolute Gasteiger partial charge is 0.134 e. The number of hydrogen-bond acceptors (Lipinski definition) is 4. The van der Waals surface area contributed by atoms with Crippen LogP contribution in [0.1, 0.15) is 17.4 Å². The van der Waals surface area contributed by atoms with E-state index in [1.54, 1.807) is 18.6 Å². The number of aliphatic hydroxyl groups is 1. The van der Waals surface area contributed by atoms with Crippen LogP contribution in [0.15, 0.2) is 42.9 Å². The van der Waals surface area contributed by atoms with Crippen LogP contribution in [0.25, 0.3) is 0 Å². The Morgan fingerprint density at radius 1 is 1.29 bits per heavy atom. The number of hydrogen-bond donors (Lipinski definition) is 1. The van der Waals surface area contributed by atoms with Crippen LogP contribution in [0.5, 0.6) is 5.75 Å². The monoisotopic (exact) mass is 228 g/mol. The fraction of sp³-hybridized carbons (Fsp3) is 0.231. The summed E-state index contributed by atoms with van der Waals surface area (Å²) < 4.78 is 5.71. The average Bonchev–Trinajstić information content (AvgIpc) is 2.82. The number of fused-ring (bicyclic) bond motifs is 1. The van der Waals surface area contributed by atoms with Gasteiger partial charge in [0.2, 0.25) is 0 Å². The minimum atomic E-state index is -0.740. The van der Waals surface area contributed by atoms with Crippen LogP contribution in [0.2, 0.25) is 0 Å². The molecule has 1 aliphatic heterocycles. The first-order chi connectivity index (χ1) is 8.34. The van der Waals surface area contributed by atoms with E-state index >= 15 is 0 Å². The summed E-state index contributed by atoms with van der Waals surface area (Å²) in [7, 11) is 0. The molecule has 2 aromatic rings. The molecule has 4 heteroatoms. The second-order valence-electron chi connectivity index (χ2n) is 4.04. The van der Waals surface area contributed by atoms with Gasteiger partial charge in [-0.3, -0.25) is 9.97 Å². The number of nitrogens with zero attached hydrogens (tertiary/aromatic N) is 2. The zero-order chi connectivity index (χ0) is 11.7. The number of ether oxygens (including phenoxy) is 1. The average molecular weight is 228 g/mol. The molecule has 0 saturated heterocycles. The first-order valence-electron chi connectivity index (χ1n) is 5.53. The minimum absolute atomic E-state index is 0.274. The van der Waals surface area contributed by atoms with Gasteiger partial charge in [0.25, 0.3) is 0 Å². The highest BCUT2D eigenvalue weighted by molar-refractivity contribution is 5.37. The molecule has 0 fully saturated rings. The van der Waals surface area contributed by atoms with Crippen LogP contribution < -0.4 is 4.74 Å². The van der Waals surface area contributed by atoms with Gasteiger partial charge < -0.3 is 9.84 Å². The summed E-state index contributed by atoms with van der Waals surface area (Å²) >= 11 is 0. The first-order valence-corrected chi connectivity index (χ1v) is 5.53. The minimum Gasteiger partial charge on any atom is -0.487 e. The van der Waals surface area contributed by atoms with Gasteiger partial charge in [-0.05, 0) is 11.6 Å². The van der Waals surface area contributed by atoms with Crippen molar-refractivity contribution >= 4 is 0 Å². The van der Waals surface area contributed by atoms with Crippen molar-refractivity contribution in [3.8, 4) is 5.75 Å². The van der Waals surface area contributed by atoms with Gasteiger partial charge in [0, 0.05) is 18.8 Å². The van der Waals surface area contributed by atoms with Crippen LogP contribution in [-0.4, -0.2) is 21.2 Å². The van der Waals surface area contributed by atoms with Crippen molar-refractivity contribution in [1.29, 1.82) is 0 Å². The predicted octanol–water partition coefficient (Wildman–Crippen LogP) is 1.51. The molecule has 0 bridgehead atoms. The number of benzene rings is 1. The lowest BCUT2D eigenvalue weighted by atomic mass is 10.0. The Labute approximate surface area is 98.9 Å². The molecule has 1 N–H and O–H groups in total. The second kappa shape index (κ2) is 4.14. The van der Waals surface area contributed by atoms with E-state index in [0.717, 1.165) is 11.3 Å². The van der Waals surface area contributed by atoms with Crippen molar-refractivity contribution in [2.75, 3.05) is 0 Å². The molecule has 3 rings (SSSR count). The normalized spacial score (nSPS) is 19.5. The van der Waals surface area contributed by atoms with Crippen LogP contribution in [0.3, 0.4) is 0 Å². The molecular weight excluding hydrogens is 216 g/mol. The molecule has 0 amide bonds. The van der Waals surface area contributed by atoms with E-state index in [1.807, 2.05) is 24.3 Å². The molecule has 2 heterocycles. The van der Waals surface area contributed by atoms with Crippen LogP contribution in [0, 0.1) is 0 Å². The van der Waals surface area contributed by atoms with Gasteiger partial charge in [0.05, 0.1) is 11.9 Å². The van der Waals surface area contributed by atoms with E-state index in [1.165, 1.54) is 0 Å². The number of aliphatic hydroxyl groups excluding tert-OH is 1. The molecule has 2 atom stereocenters. The van der Waals surface area contributed by atoms with Crippen LogP contribution in [-0.2, 0) is 6.42 Å². The standard InChI is InChI=1S/C13H12N2O2/c16-13(10-8-14-5-6-15-10)12-7-9-3-1-2-4-11(9)17-12/h1-6,8,12-13,16H,7H2. The van der Waals surface area contributed by atoms with Crippen molar-refractivity contribution in [2.45, 2.75) is 18.6 Å². The molecule has 4 nitrogen and oxygen atoms in total. The third-order valence-electron chi connectivity index (χ3n) is 2.91. The van der Waals surface area contributed by atoms with Crippen molar-refractivity contribution in [3.05, 3.63) is 54.1 Å². The highest BCUT2D eigenvalue weighted by Gasteiger charge is 2.30. The lowest BCUT2D eigenvalue weighted by molar-refractivity contribution is 0.0460. The SMILES string of the molecule is OC(c1cnccn1)C1Cc2ccccc2O1. The molecule has 0 saturated carbocycles. The van der Waals surface area contributed by atoms with E-state index in [9.17, 15) is 5.11 Å². The van der Waals surface area contributed by atoms with Crippen molar-refractivity contribution in [2.24, 2.45) is 0 Å². The molecule has 0 radical (unpaired) electrons. The maximum absolute atomic E-state index is 10.2. The molecular formula is C13H12N2O2. The van der Waals surface area contributed by atoms with Gasteiger partial charge in [-0.2, -0.15) is 0 Å². The van der Waals surface area contributed by atoms with E-state index < -0.39 is 6.10 Å². The maximum Gasteiger partial charge on any atom is 0.134 e. The van der Waals surface area contributed by atoms with Crippen LogP contribution >= 0.6 is 0 Å². The van der Waals surface area contributed by atoms with E-state index in [-0.39, 0.29) is 6.10 Å². The Hall–Kier alpha value is -1.94. The summed E-state index contributed by atoms with van der Waals surface area (Å²) in [5, 5.41) is 10.2. The number of rotatable bonds is 2. The third kappa shape index (κ3) is 1.87. The van der Waals surface area contributed by atoms with Gasteiger partial charge in [0.1, 0.15) is 18.0 Å². The van der Waals surface area contributed by atoms with Gasteiger partial charge in [0.15, 0.2) is 0 Å². The highest BCUT2D eigenvalue weighted by atomic mass is 16.5. The summed E-state index contributed by atoms with van der Waals surface area (Å²) in [6.45, 7) is 0. The summed E-state index contributed by atoms with van der Waals surface area (Å²) in [5.41, 5.74) is 1.67. The fourth-order valence-corrected chi connectivity index (χ4v) is 2.04. The molecule has 1 aromatic carbocycles. The van der Waals surface area contributed by atoms with E-state index in [2.05, 4.69) is 9.97 Å². The molecule has 2 unspecified atom stereocenters. The lowest BCUT2D eigenvalue weighted by Crippen LogP contribution is -2.23. The van der Waals surface area contributed by atoms with Gasteiger partial charge in [-0.1, -0.05) is 18.2 Å². The van der Waals surface area contributed by atoms with Crippen molar-refractivity contribution in [1.82, 2.24) is 9.97 Å². The number of aromatic nitrogens is 2. The van der Waals surface area contributed by atoms with Gasteiger partial charge in [-0.15, -0.1) is 0 Å². The molecule has 0 spiro atoms. The largest absolute Gasteiger partial charge is 0.487 e. The Kier molecular flexibility index (Phi) is 2.49. The predicted molar refractivity (Wildman–Crippen MR) is 61.6 cm³/mol. The van der Waals surface area contributed by atoms with Gasteiger partial charge >= 0.3 is 0 Å². The van der Waals surface area contributed by atoms with Gasteiger partial charge in [-0.25, -0.2) is 0 Å². The van der Waals surface area contributed by atoms with E-state index in [0.29, 0.717) is 12.1 Å². The second-order valence-corrected chi connectivity index (χ2v) is 4.04. The lowest BCUT2D eigenvalue weighted by Gasteiger charge is -2.16. The fourth-order valence-electron chi connectivity index (χ4n) is 2.04. The molecule has 1 aromatic heterocycles. The zero-order valence-corrected chi connectivity index (χ0v) is 9.15. The van der Waals surface area contributed by atoms with Crippen molar-refractivity contribution < 1.29 is 9.84 Å². The number of para-hydroxylation sites is 1. The quantitative estimate of drug-likeness (QED) is 0.846. The summed E-state index contributed by atoms with van der Waals surface area (Å²) in [5.74, 6) is 0.848. The molecule has 0 aliphatic carbocycles. The Morgan fingerprint density at radius 3 is 2.94 bits per heavy atom. The zero-order valence-electron chi connectivity index (χ0n) is 9.15. The Bertz CT molecular complexity index is 491. The van der Waals surface area contributed by atoms with Crippen LogP contribution in [0.4, 0.5) is 0 Å². The molecule has 1 aliphatic rings. The summed E-state index contributed by atoms with van der Waals surface area (Å²) in [6.07, 6.45) is 4.41. The van der Waals surface area contributed by atoms with Crippen molar-refractivity contribution in [3.63, 3.8) is 0 Å². The summed E-state index contributed by atoms with van der Waals surface area (Å²) in [4.78, 5) is 8.04. The highest BCUT2D eigenvalue weighted by Crippen LogP contribution is 2.33. The Balaban J connectivity index is 1.81. The first kappa shape index (κ1) is 10.2.